The Balaban J connectivity index is 2.75. The molecular formula is C13H18ClN. The predicted molar refractivity (Wildman–Crippen MR) is 68.4 cm³/mol. The lowest BCUT2D eigenvalue weighted by Gasteiger charge is -2.03. The number of hydrogen-bond donors (Lipinski definition) is 1. The first-order valence-electron chi connectivity index (χ1n) is 5.27. The van der Waals surface area contributed by atoms with E-state index in [1.165, 1.54) is 11.1 Å². The molecule has 1 rings (SSSR count). The summed E-state index contributed by atoms with van der Waals surface area (Å²) in [6.07, 6.45) is 2.16. The van der Waals surface area contributed by atoms with E-state index in [1.807, 2.05) is 13.0 Å². The zero-order valence-corrected chi connectivity index (χ0v) is 10.4. The van der Waals surface area contributed by atoms with E-state index in [2.05, 4.69) is 37.4 Å². The zero-order valence-electron chi connectivity index (χ0n) is 9.60. The minimum absolute atomic E-state index is 0.833. The molecule has 0 heterocycles. The van der Waals surface area contributed by atoms with Gasteiger partial charge in [-0.15, -0.1) is 0 Å². The maximum absolute atomic E-state index is 6.06. The molecule has 0 saturated carbocycles. The largest absolute Gasteiger partial charge is 0.313 e. The molecule has 0 aliphatic carbocycles. The van der Waals surface area contributed by atoms with E-state index in [0.717, 1.165) is 23.7 Å². The Hall–Kier alpha value is -0.790. The molecule has 0 fully saturated rings. The topological polar surface area (TPSA) is 12.0 Å². The highest BCUT2D eigenvalue weighted by Gasteiger charge is 1.96. The number of likely N-dealkylation sites (N-methyl/N-ethyl adjacent to an activating group) is 1. The molecule has 1 N–H and O–H groups in total. The van der Waals surface area contributed by atoms with Crippen LogP contribution < -0.4 is 5.32 Å². The van der Waals surface area contributed by atoms with E-state index in [1.54, 1.807) is 0 Å². The molecule has 0 unspecified atom stereocenters. The summed E-state index contributed by atoms with van der Waals surface area (Å²) >= 11 is 6.06. The summed E-state index contributed by atoms with van der Waals surface area (Å²) in [4.78, 5) is 0. The molecule has 1 aromatic rings. The van der Waals surface area contributed by atoms with Crippen LogP contribution in [0.1, 0.15) is 25.0 Å². The molecule has 0 amide bonds. The lowest BCUT2D eigenvalue weighted by molar-refractivity contribution is 0.778. The molecule has 15 heavy (non-hydrogen) atoms. The standard InChI is InChI=1S/C13H18ClN/c1-4-15-9-10(2)7-12-6-5-11(3)13(14)8-12/h5-8,15H,4,9H2,1-3H3/b10-7+. The third-order valence-electron chi connectivity index (χ3n) is 2.26. The van der Waals surface area contributed by atoms with Crippen LogP contribution in [-0.2, 0) is 0 Å². The van der Waals surface area contributed by atoms with Crippen molar-refractivity contribution in [1.82, 2.24) is 5.32 Å². The first-order chi connectivity index (χ1) is 7.13. The lowest BCUT2D eigenvalue weighted by atomic mass is 10.1. The summed E-state index contributed by atoms with van der Waals surface area (Å²) in [5, 5.41) is 4.13. The Morgan fingerprint density at radius 2 is 2.20 bits per heavy atom. The highest BCUT2D eigenvalue weighted by molar-refractivity contribution is 6.31. The monoisotopic (exact) mass is 223 g/mol. The van der Waals surface area contributed by atoms with E-state index < -0.39 is 0 Å². The molecule has 0 radical (unpaired) electrons. The second kappa shape index (κ2) is 5.94. The maximum Gasteiger partial charge on any atom is 0.0441 e. The van der Waals surface area contributed by atoms with Crippen LogP contribution in [0.2, 0.25) is 5.02 Å². The van der Waals surface area contributed by atoms with Gasteiger partial charge < -0.3 is 5.32 Å². The van der Waals surface area contributed by atoms with Crippen LogP contribution in [0.15, 0.2) is 23.8 Å². The highest BCUT2D eigenvalue weighted by Crippen LogP contribution is 2.18. The van der Waals surface area contributed by atoms with Crippen LogP contribution >= 0.6 is 11.6 Å². The van der Waals surface area contributed by atoms with Crippen molar-refractivity contribution < 1.29 is 0 Å². The average molecular weight is 224 g/mol. The predicted octanol–water partition coefficient (Wildman–Crippen LogP) is 3.66. The zero-order chi connectivity index (χ0) is 11.3. The summed E-state index contributed by atoms with van der Waals surface area (Å²) in [5.74, 6) is 0. The van der Waals surface area contributed by atoms with Crippen LogP contribution in [0.4, 0.5) is 0 Å². The third kappa shape index (κ3) is 4.06. The summed E-state index contributed by atoms with van der Waals surface area (Å²) in [6.45, 7) is 8.18. The molecule has 1 nitrogen and oxygen atoms in total. The average Bonchev–Trinajstić information content (AvgIpc) is 2.20. The molecule has 0 aliphatic heterocycles. The second-order valence-electron chi connectivity index (χ2n) is 3.78. The first-order valence-corrected chi connectivity index (χ1v) is 5.65. The van der Waals surface area contributed by atoms with E-state index in [4.69, 9.17) is 11.6 Å². The maximum atomic E-state index is 6.06. The van der Waals surface area contributed by atoms with Crippen molar-refractivity contribution in [2.45, 2.75) is 20.8 Å². The van der Waals surface area contributed by atoms with Crippen molar-refractivity contribution >= 4 is 17.7 Å². The van der Waals surface area contributed by atoms with Gasteiger partial charge in [0.25, 0.3) is 0 Å². The molecule has 1 aromatic carbocycles. The third-order valence-corrected chi connectivity index (χ3v) is 2.67. The lowest BCUT2D eigenvalue weighted by Crippen LogP contribution is -2.14. The number of hydrogen-bond acceptors (Lipinski definition) is 1. The Morgan fingerprint density at radius 1 is 1.47 bits per heavy atom. The van der Waals surface area contributed by atoms with Crippen molar-refractivity contribution in [2.24, 2.45) is 0 Å². The van der Waals surface area contributed by atoms with Crippen molar-refractivity contribution in [3.63, 3.8) is 0 Å². The highest BCUT2D eigenvalue weighted by atomic mass is 35.5. The number of benzene rings is 1. The summed E-state index contributed by atoms with van der Waals surface area (Å²) in [5.41, 5.74) is 3.61. The van der Waals surface area contributed by atoms with Gasteiger partial charge in [0.2, 0.25) is 0 Å². The Kier molecular flexibility index (Phi) is 4.86. The molecule has 0 aliphatic rings. The minimum atomic E-state index is 0.833. The molecule has 2 heteroatoms. The molecule has 0 bridgehead atoms. The fraction of sp³-hybridized carbons (Fsp3) is 0.385. The second-order valence-corrected chi connectivity index (χ2v) is 4.19. The molecular weight excluding hydrogens is 206 g/mol. The van der Waals surface area contributed by atoms with Gasteiger partial charge in [0, 0.05) is 11.6 Å². The van der Waals surface area contributed by atoms with Gasteiger partial charge >= 0.3 is 0 Å². The van der Waals surface area contributed by atoms with E-state index in [-0.39, 0.29) is 0 Å². The van der Waals surface area contributed by atoms with Gasteiger partial charge in [0.05, 0.1) is 0 Å². The molecule has 0 aromatic heterocycles. The van der Waals surface area contributed by atoms with Gasteiger partial charge in [0.1, 0.15) is 0 Å². The van der Waals surface area contributed by atoms with Crippen LogP contribution in [-0.4, -0.2) is 13.1 Å². The minimum Gasteiger partial charge on any atom is -0.313 e. The number of aryl methyl sites for hydroxylation is 1. The van der Waals surface area contributed by atoms with Crippen LogP contribution in [0, 0.1) is 6.92 Å². The van der Waals surface area contributed by atoms with Crippen molar-refractivity contribution in [2.75, 3.05) is 13.1 Å². The van der Waals surface area contributed by atoms with Crippen molar-refractivity contribution in [1.29, 1.82) is 0 Å². The van der Waals surface area contributed by atoms with E-state index >= 15 is 0 Å². The van der Waals surface area contributed by atoms with Gasteiger partial charge in [-0.25, -0.2) is 0 Å². The fourth-order valence-electron chi connectivity index (χ4n) is 1.36. The number of nitrogens with one attached hydrogen (secondary N) is 1. The van der Waals surface area contributed by atoms with Crippen LogP contribution in [0.25, 0.3) is 6.08 Å². The van der Waals surface area contributed by atoms with E-state index in [0.29, 0.717) is 0 Å². The Morgan fingerprint density at radius 3 is 2.80 bits per heavy atom. The van der Waals surface area contributed by atoms with E-state index in [9.17, 15) is 0 Å². The van der Waals surface area contributed by atoms with Gasteiger partial charge in [-0.1, -0.05) is 42.3 Å². The van der Waals surface area contributed by atoms with Crippen LogP contribution in [0.3, 0.4) is 0 Å². The SMILES string of the molecule is CCNC/C(C)=C/c1ccc(C)c(Cl)c1. The smallest absolute Gasteiger partial charge is 0.0441 e. The first kappa shape index (κ1) is 12.3. The molecule has 0 saturated heterocycles. The van der Waals surface area contributed by atoms with Crippen molar-refractivity contribution in [3.05, 3.63) is 39.9 Å². The van der Waals surface area contributed by atoms with Crippen molar-refractivity contribution in [3.8, 4) is 0 Å². The Bertz CT molecular complexity index is 356. The number of halogens is 1. The molecule has 82 valence electrons. The fourth-order valence-corrected chi connectivity index (χ4v) is 1.55. The quantitative estimate of drug-likeness (QED) is 0.822. The van der Waals surface area contributed by atoms with Crippen LogP contribution in [0.5, 0.6) is 0 Å². The summed E-state index contributed by atoms with van der Waals surface area (Å²) in [7, 11) is 0. The normalized spacial score (nSPS) is 11.9. The van der Waals surface area contributed by atoms with Gasteiger partial charge in [-0.3, -0.25) is 0 Å². The van der Waals surface area contributed by atoms with Gasteiger partial charge in [0.15, 0.2) is 0 Å². The number of rotatable bonds is 4. The summed E-state index contributed by atoms with van der Waals surface area (Å²) < 4.78 is 0. The Labute approximate surface area is 97.1 Å². The molecule has 0 spiro atoms. The van der Waals surface area contributed by atoms with Gasteiger partial charge in [-0.05, 0) is 37.6 Å². The van der Waals surface area contributed by atoms with Gasteiger partial charge in [-0.2, -0.15) is 0 Å². The summed E-state index contributed by atoms with van der Waals surface area (Å²) in [6, 6.07) is 6.15. The molecule has 0 atom stereocenters.